The van der Waals surface area contributed by atoms with E-state index in [4.69, 9.17) is 4.52 Å². The van der Waals surface area contributed by atoms with E-state index in [1.54, 1.807) is 0 Å². The van der Waals surface area contributed by atoms with Gasteiger partial charge in [0.05, 0.1) is 0 Å². The fraction of sp³-hybridized carbons (Fsp3) is 1.00. The first-order chi connectivity index (χ1) is 15.4. The van der Waals surface area contributed by atoms with Crippen LogP contribution in [-0.2, 0) is 0 Å². The van der Waals surface area contributed by atoms with Crippen molar-refractivity contribution in [1.29, 1.82) is 0 Å². The van der Waals surface area contributed by atoms with Crippen LogP contribution in [0, 0.1) is 0 Å². The molecule has 0 aromatic rings. The van der Waals surface area contributed by atoms with Crippen LogP contribution >= 0.6 is 32.1 Å². The van der Waals surface area contributed by atoms with Gasteiger partial charge in [0.25, 0.3) is 0 Å². The van der Waals surface area contributed by atoms with Crippen molar-refractivity contribution in [3.05, 3.63) is 0 Å². The van der Waals surface area contributed by atoms with E-state index in [0.29, 0.717) is 0 Å². The summed E-state index contributed by atoms with van der Waals surface area (Å²) in [7, 11) is -6.64. The number of hydrogen-bond donors (Lipinski definition) is 9. The molecule has 194 valence electrons. The van der Waals surface area contributed by atoms with E-state index in [-0.39, 0.29) is 8.88 Å². The molecule has 0 bridgehead atoms. The maximum atomic E-state index is 5.31. The van der Waals surface area contributed by atoms with Gasteiger partial charge >= 0.3 is 200 Å². The summed E-state index contributed by atoms with van der Waals surface area (Å²) in [4.78, 5) is 3.73. The van der Waals surface area contributed by atoms with Crippen LogP contribution in [0.4, 0.5) is 0 Å². The zero-order valence-corrected chi connectivity index (χ0v) is 25.0. The number of hydrazine groups is 2. The molecule has 0 spiro atoms. The van der Waals surface area contributed by atoms with Gasteiger partial charge in [-0.25, -0.2) is 0 Å². The van der Waals surface area contributed by atoms with Crippen molar-refractivity contribution in [2.45, 2.75) is 55.4 Å². The fourth-order valence-corrected chi connectivity index (χ4v) is 19.8. The van der Waals surface area contributed by atoms with E-state index >= 15 is 0 Å². The van der Waals surface area contributed by atoms with Gasteiger partial charge < -0.3 is 0 Å². The number of hydrogen-bond acceptors (Lipinski definition) is 12. The first-order valence-corrected chi connectivity index (χ1v) is 18.0. The van der Waals surface area contributed by atoms with Crippen LogP contribution in [0.3, 0.4) is 0 Å². The van der Waals surface area contributed by atoms with Crippen LogP contribution in [0.2, 0.25) is 0 Å². The van der Waals surface area contributed by atoms with E-state index in [1.165, 1.54) is 0 Å². The van der Waals surface area contributed by atoms with Gasteiger partial charge in [-0.05, 0) is 0 Å². The molecule has 1 aliphatic heterocycles. The van der Waals surface area contributed by atoms with E-state index in [0.717, 1.165) is 52.4 Å². The Balaban J connectivity index is 4.12. The normalized spacial score (nSPS) is 25.5. The van der Waals surface area contributed by atoms with Crippen molar-refractivity contribution in [1.82, 2.24) is 55.3 Å². The summed E-state index contributed by atoms with van der Waals surface area (Å²) in [6, 6.07) is 0. The van der Waals surface area contributed by atoms with Gasteiger partial charge in [-0.1, -0.05) is 0 Å². The van der Waals surface area contributed by atoms with Gasteiger partial charge in [-0.15, -0.1) is 0 Å². The predicted octanol–water partition coefficient (Wildman–Crippen LogP) is 2.71. The Labute approximate surface area is 199 Å². The molecule has 9 N–H and O–H groups in total. The monoisotopic (exact) mass is 534 g/mol. The topological polar surface area (TPSA) is 127 Å². The van der Waals surface area contributed by atoms with Crippen LogP contribution in [0.15, 0.2) is 4.52 Å². The van der Waals surface area contributed by atoms with E-state index in [9.17, 15) is 0 Å². The first kappa shape index (κ1) is 31.1. The Kier molecular flexibility index (Phi) is 14.8. The van der Waals surface area contributed by atoms with Crippen LogP contribution in [0.1, 0.15) is 55.4 Å². The van der Waals surface area contributed by atoms with Crippen molar-refractivity contribution in [3.8, 4) is 0 Å². The molecule has 0 aromatic carbocycles. The molecule has 1 heterocycles. The molecule has 2 unspecified atom stereocenters. The third-order valence-electron chi connectivity index (χ3n) is 4.59. The van der Waals surface area contributed by atoms with Gasteiger partial charge in [0.15, 0.2) is 0 Å². The predicted molar refractivity (Wildman–Crippen MR) is 148 cm³/mol. The Hall–Kier alpha value is 1.08. The standard InChI is InChI=1S/C16H50N12P4/c1-9-17-27-30(19-11-3)25-29-26-31(20-12-4,21-13-5)28(18-10-2)32(27,22-14-6,23-15-7)24-16-8/h17-25,29H,9-16H2,1-8H3. The molecule has 0 saturated heterocycles. The van der Waals surface area contributed by atoms with Crippen LogP contribution in [0.25, 0.3) is 0 Å². The average molecular weight is 535 g/mol. The van der Waals surface area contributed by atoms with E-state index in [1.807, 2.05) is 0 Å². The van der Waals surface area contributed by atoms with Crippen molar-refractivity contribution < 1.29 is 0 Å². The molecule has 2 atom stereocenters. The minimum absolute atomic E-state index is 0.241. The maximum absolute atomic E-state index is 5.31. The number of rotatable bonds is 16. The van der Waals surface area contributed by atoms with Crippen LogP contribution < -0.4 is 46.2 Å². The fourth-order valence-electron chi connectivity index (χ4n) is 3.90. The Morgan fingerprint density at radius 1 is 0.750 bits per heavy atom. The van der Waals surface area contributed by atoms with Gasteiger partial charge in [0.2, 0.25) is 0 Å². The summed E-state index contributed by atoms with van der Waals surface area (Å²) in [5.41, 5.74) is 7.50. The summed E-state index contributed by atoms with van der Waals surface area (Å²) >= 11 is 0. The second-order valence-electron chi connectivity index (χ2n) is 6.93. The van der Waals surface area contributed by atoms with Crippen molar-refractivity contribution in [2.24, 2.45) is 4.52 Å². The molecule has 0 saturated carbocycles. The summed E-state index contributed by atoms with van der Waals surface area (Å²) in [6.45, 7) is 23.6. The molecule has 16 heteroatoms. The second kappa shape index (κ2) is 15.2. The molecule has 1 aliphatic rings. The molecular formula is C16H50N12P4. The zero-order valence-electron chi connectivity index (χ0n) is 21.3. The number of nitrogens with zero attached hydrogens (tertiary/aromatic N) is 3. The summed E-state index contributed by atoms with van der Waals surface area (Å²) in [6.07, 6.45) is 0. The molecule has 0 radical (unpaired) electrons. The summed E-state index contributed by atoms with van der Waals surface area (Å²) in [5.74, 6) is 0. The molecular weight excluding hydrogens is 484 g/mol. The molecule has 0 aromatic heterocycles. The number of nitrogens with one attached hydrogen (secondary N) is 9. The van der Waals surface area contributed by atoms with Crippen molar-refractivity contribution in [2.75, 3.05) is 52.4 Å². The quantitative estimate of drug-likeness (QED) is 0.136. The molecule has 32 heavy (non-hydrogen) atoms. The third kappa shape index (κ3) is 6.44. The average Bonchev–Trinajstić information content (AvgIpc) is 2.75. The van der Waals surface area contributed by atoms with E-state index in [2.05, 4.69) is 111 Å². The molecule has 0 amide bonds. The van der Waals surface area contributed by atoms with Crippen molar-refractivity contribution in [3.63, 3.8) is 0 Å². The summed E-state index contributed by atoms with van der Waals surface area (Å²) in [5, 5.41) is 23.2. The first-order valence-electron chi connectivity index (χ1n) is 12.0. The molecule has 1 rings (SSSR count). The SMILES string of the molecule is CCNN1P(NCC)NPN=P(NCC)(NCC)N(NCC)P1(NCC)(NCC)NCC. The molecule has 12 nitrogen and oxygen atoms in total. The molecule has 0 fully saturated rings. The third-order valence-corrected chi connectivity index (χ3v) is 18.6. The Bertz CT molecular complexity index is 553. The van der Waals surface area contributed by atoms with Crippen LogP contribution in [-0.4, -0.2) is 61.5 Å². The Morgan fingerprint density at radius 2 is 1.28 bits per heavy atom. The molecule has 0 aliphatic carbocycles. The van der Waals surface area contributed by atoms with Gasteiger partial charge in [0.1, 0.15) is 0 Å². The second-order valence-corrected chi connectivity index (χ2v) is 16.9. The minimum atomic E-state index is -3.51. The van der Waals surface area contributed by atoms with Gasteiger partial charge in [0, 0.05) is 0 Å². The van der Waals surface area contributed by atoms with E-state index < -0.39 is 23.2 Å². The Morgan fingerprint density at radius 3 is 1.69 bits per heavy atom. The van der Waals surface area contributed by atoms with Crippen LogP contribution in [0.5, 0.6) is 0 Å². The van der Waals surface area contributed by atoms with Gasteiger partial charge in [-0.2, -0.15) is 0 Å². The van der Waals surface area contributed by atoms with Gasteiger partial charge in [-0.3, -0.25) is 0 Å². The summed E-state index contributed by atoms with van der Waals surface area (Å²) < 4.78 is 10.1. The van der Waals surface area contributed by atoms with Crippen molar-refractivity contribution >= 4 is 32.1 Å². The zero-order chi connectivity index (χ0) is 24.1.